The van der Waals surface area contributed by atoms with Gasteiger partial charge in [-0.3, -0.25) is 0 Å². The fraction of sp³-hybridized carbons (Fsp3) is 0.294. The molecule has 0 amide bonds. The molecule has 0 fully saturated rings. The van der Waals surface area contributed by atoms with Gasteiger partial charge in [0.1, 0.15) is 5.69 Å². The van der Waals surface area contributed by atoms with Gasteiger partial charge in [-0.15, -0.1) is 12.4 Å². The van der Waals surface area contributed by atoms with Crippen LogP contribution in [0.5, 0.6) is 0 Å². The number of aromatic amines is 1. The van der Waals surface area contributed by atoms with Crippen molar-refractivity contribution in [1.82, 2.24) is 9.97 Å². The number of pyridine rings is 1. The summed E-state index contributed by atoms with van der Waals surface area (Å²) >= 11 is 0. The monoisotopic (exact) mass is 318 g/mol. The first-order chi connectivity index (χ1) is 10.2. The third-order valence-electron chi connectivity index (χ3n) is 3.54. The zero-order valence-electron chi connectivity index (χ0n) is 12.7. The summed E-state index contributed by atoms with van der Waals surface area (Å²) < 4.78 is 5.09. The van der Waals surface area contributed by atoms with Gasteiger partial charge in [0.25, 0.3) is 0 Å². The van der Waals surface area contributed by atoms with Crippen LogP contribution in [0, 0.1) is 0 Å². The van der Waals surface area contributed by atoms with Crippen LogP contribution < -0.4 is 0 Å². The van der Waals surface area contributed by atoms with Crippen molar-refractivity contribution in [1.29, 1.82) is 0 Å². The van der Waals surface area contributed by atoms with Crippen LogP contribution >= 0.6 is 12.4 Å². The van der Waals surface area contributed by atoms with Gasteiger partial charge >= 0.3 is 5.97 Å². The van der Waals surface area contributed by atoms with Crippen LogP contribution in [-0.2, 0) is 11.2 Å². The fourth-order valence-electron chi connectivity index (χ4n) is 2.64. The van der Waals surface area contributed by atoms with Gasteiger partial charge < -0.3 is 9.72 Å². The number of halogens is 1. The zero-order valence-corrected chi connectivity index (χ0v) is 13.5. The highest BCUT2D eigenvalue weighted by Gasteiger charge is 2.15. The van der Waals surface area contributed by atoms with Crippen molar-refractivity contribution in [3.8, 4) is 0 Å². The molecule has 0 saturated carbocycles. The van der Waals surface area contributed by atoms with Gasteiger partial charge in [-0.1, -0.05) is 31.5 Å². The molecular formula is C17H19ClN2O2. The van der Waals surface area contributed by atoms with E-state index in [2.05, 4.69) is 23.0 Å². The Bertz CT molecular complexity index is 811. The van der Waals surface area contributed by atoms with Crippen LogP contribution in [0.3, 0.4) is 0 Å². The van der Waals surface area contributed by atoms with E-state index in [1.807, 2.05) is 24.3 Å². The lowest BCUT2D eigenvalue weighted by Crippen LogP contribution is -2.08. The number of fused-ring (bicyclic) bond motifs is 3. The minimum atomic E-state index is -0.359. The Balaban J connectivity index is 0.00000176. The predicted octanol–water partition coefficient (Wildman–Crippen LogP) is 4.27. The average molecular weight is 319 g/mol. The summed E-state index contributed by atoms with van der Waals surface area (Å²) in [4.78, 5) is 19.9. The van der Waals surface area contributed by atoms with Gasteiger partial charge in [0, 0.05) is 16.3 Å². The molecule has 0 unspecified atom stereocenters. The molecule has 0 aliphatic heterocycles. The number of hydrogen-bond donors (Lipinski definition) is 1. The lowest BCUT2D eigenvalue weighted by atomic mass is 10.1. The van der Waals surface area contributed by atoms with Crippen molar-refractivity contribution >= 4 is 40.2 Å². The van der Waals surface area contributed by atoms with Gasteiger partial charge in [-0.25, -0.2) is 9.78 Å². The Labute approximate surface area is 135 Å². The summed E-state index contributed by atoms with van der Waals surface area (Å²) in [5.41, 5.74) is 3.39. The van der Waals surface area contributed by atoms with Gasteiger partial charge in [0.2, 0.25) is 0 Å². The number of rotatable bonds is 4. The third kappa shape index (κ3) is 2.79. The van der Waals surface area contributed by atoms with E-state index < -0.39 is 0 Å². The number of hydrogen-bond acceptors (Lipinski definition) is 3. The van der Waals surface area contributed by atoms with Crippen molar-refractivity contribution in [2.75, 3.05) is 6.61 Å². The van der Waals surface area contributed by atoms with Gasteiger partial charge in [-0.2, -0.15) is 0 Å². The fourth-order valence-corrected chi connectivity index (χ4v) is 2.64. The molecule has 0 spiro atoms. The molecule has 0 saturated heterocycles. The number of carbonyl (C=O) groups excluding carboxylic acids is 1. The van der Waals surface area contributed by atoms with Crippen molar-refractivity contribution in [2.45, 2.75) is 26.7 Å². The van der Waals surface area contributed by atoms with Gasteiger partial charge in [0.05, 0.1) is 17.8 Å². The minimum absolute atomic E-state index is 0. The van der Waals surface area contributed by atoms with Crippen LogP contribution in [0.2, 0.25) is 0 Å². The summed E-state index contributed by atoms with van der Waals surface area (Å²) in [6.07, 6.45) is 1.81. The number of nitrogens with zero attached hydrogens (tertiary/aromatic N) is 1. The first-order valence-electron chi connectivity index (χ1n) is 7.32. The number of nitrogens with one attached hydrogen (secondary N) is 1. The predicted molar refractivity (Wildman–Crippen MR) is 90.8 cm³/mol. The number of aryl methyl sites for hydroxylation is 1. The van der Waals surface area contributed by atoms with E-state index in [4.69, 9.17) is 4.74 Å². The average Bonchev–Trinajstić information content (AvgIpc) is 2.87. The van der Waals surface area contributed by atoms with Crippen LogP contribution in [-0.4, -0.2) is 22.5 Å². The summed E-state index contributed by atoms with van der Waals surface area (Å²) in [5, 5.41) is 2.14. The molecule has 0 radical (unpaired) electrons. The number of benzene rings is 1. The Hall–Kier alpha value is -2.07. The molecule has 1 aromatic carbocycles. The van der Waals surface area contributed by atoms with Gasteiger partial charge in [-0.05, 0) is 25.5 Å². The summed E-state index contributed by atoms with van der Waals surface area (Å²) in [5.74, 6) is -0.359. The molecule has 22 heavy (non-hydrogen) atoms. The van der Waals surface area contributed by atoms with E-state index in [9.17, 15) is 4.79 Å². The molecule has 0 bridgehead atoms. The topological polar surface area (TPSA) is 55.0 Å². The molecule has 5 heteroatoms. The Morgan fingerprint density at radius 1 is 1.23 bits per heavy atom. The number of aromatic nitrogens is 2. The second kappa shape index (κ2) is 6.79. The maximum atomic E-state index is 12.0. The number of esters is 1. The number of para-hydroxylation sites is 1. The molecule has 0 aliphatic rings. The molecule has 3 rings (SSSR count). The largest absolute Gasteiger partial charge is 0.461 e. The second-order valence-corrected chi connectivity index (χ2v) is 5.02. The number of H-pyrrole nitrogens is 1. The minimum Gasteiger partial charge on any atom is -0.461 e. The van der Waals surface area contributed by atoms with E-state index in [0.717, 1.165) is 40.3 Å². The van der Waals surface area contributed by atoms with Crippen molar-refractivity contribution < 1.29 is 9.53 Å². The lowest BCUT2D eigenvalue weighted by molar-refractivity contribution is 0.0519. The highest BCUT2D eigenvalue weighted by molar-refractivity contribution is 6.09. The van der Waals surface area contributed by atoms with Crippen LogP contribution in [0.1, 0.15) is 36.5 Å². The number of ether oxygens (including phenoxy) is 1. The molecule has 2 aromatic heterocycles. The first-order valence-corrected chi connectivity index (χ1v) is 7.32. The first kappa shape index (κ1) is 16.3. The lowest BCUT2D eigenvalue weighted by Gasteiger charge is -2.06. The summed E-state index contributed by atoms with van der Waals surface area (Å²) in [6, 6.07) is 9.91. The van der Waals surface area contributed by atoms with Crippen molar-refractivity contribution in [2.24, 2.45) is 0 Å². The van der Waals surface area contributed by atoms with E-state index in [1.165, 1.54) is 0 Å². The molecule has 0 aliphatic carbocycles. The third-order valence-corrected chi connectivity index (χ3v) is 3.54. The van der Waals surface area contributed by atoms with E-state index in [1.54, 1.807) is 6.92 Å². The maximum absolute atomic E-state index is 12.0. The van der Waals surface area contributed by atoms with Crippen LogP contribution in [0.4, 0.5) is 0 Å². The van der Waals surface area contributed by atoms with Crippen LogP contribution in [0.15, 0.2) is 30.3 Å². The number of carbonyl (C=O) groups is 1. The highest BCUT2D eigenvalue weighted by atomic mass is 35.5. The molecule has 0 atom stereocenters. The Morgan fingerprint density at radius 3 is 2.73 bits per heavy atom. The maximum Gasteiger partial charge on any atom is 0.356 e. The Kier molecular flexibility index (Phi) is 5.03. The Morgan fingerprint density at radius 2 is 2.00 bits per heavy atom. The molecule has 2 heterocycles. The highest BCUT2D eigenvalue weighted by Crippen LogP contribution is 2.28. The summed E-state index contributed by atoms with van der Waals surface area (Å²) in [7, 11) is 0. The van der Waals surface area contributed by atoms with Crippen molar-refractivity contribution in [3.05, 3.63) is 41.7 Å². The SMILES string of the molecule is CCCc1nc(C(=O)OCC)cc2c1[nH]c1ccccc12.Cl. The molecule has 1 N–H and O–H groups in total. The van der Waals surface area contributed by atoms with E-state index >= 15 is 0 Å². The summed E-state index contributed by atoms with van der Waals surface area (Å²) in [6.45, 7) is 4.26. The van der Waals surface area contributed by atoms with E-state index in [-0.39, 0.29) is 18.4 Å². The molecular weight excluding hydrogens is 300 g/mol. The molecule has 3 aromatic rings. The quantitative estimate of drug-likeness (QED) is 0.731. The standard InChI is InChI=1S/C17H18N2O2.ClH/c1-3-7-14-16-12(10-15(18-14)17(20)21-4-2)11-8-5-6-9-13(11)19-16;/h5-6,8-10,19H,3-4,7H2,1-2H3;1H. The normalized spacial score (nSPS) is 10.6. The van der Waals surface area contributed by atoms with Gasteiger partial charge in [0.15, 0.2) is 0 Å². The smallest absolute Gasteiger partial charge is 0.356 e. The van der Waals surface area contributed by atoms with Crippen molar-refractivity contribution in [3.63, 3.8) is 0 Å². The van der Waals surface area contributed by atoms with E-state index in [0.29, 0.717) is 12.3 Å². The van der Waals surface area contributed by atoms with Crippen LogP contribution in [0.25, 0.3) is 21.8 Å². The second-order valence-electron chi connectivity index (χ2n) is 5.02. The molecule has 4 nitrogen and oxygen atoms in total. The zero-order chi connectivity index (χ0) is 14.8. The molecule has 116 valence electrons.